The zero-order valence-electron chi connectivity index (χ0n) is 38.2. The summed E-state index contributed by atoms with van der Waals surface area (Å²) in [5, 5.41) is 2.15. The van der Waals surface area contributed by atoms with Gasteiger partial charge in [-0.05, 0) is 138 Å². The molecule has 0 atom stereocenters. The van der Waals surface area contributed by atoms with Crippen molar-refractivity contribution in [1.82, 2.24) is 0 Å². The highest BCUT2D eigenvalue weighted by atomic mass is 16.3. The van der Waals surface area contributed by atoms with Crippen LogP contribution in [0.4, 0.5) is 17.1 Å². The molecule has 3 aliphatic rings. The van der Waals surface area contributed by atoms with E-state index in [0.717, 1.165) is 44.6 Å². The van der Waals surface area contributed by atoms with E-state index in [9.17, 15) is 0 Å². The van der Waals surface area contributed by atoms with Crippen LogP contribution in [0.25, 0.3) is 66.4 Å². The third-order valence-electron chi connectivity index (χ3n) is 15.8. The minimum atomic E-state index is -0.573. The second kappa shape index (κ2) is 14.8. The summed E-state index contributed by atoms with van der Waals surface area (Å²) >= 11 is 0. The van der Waals surface area contributed by atoms with Gasteiger partial charge in [0, 0.05) is 16.8 Å². The highest BCUT2D eigenvalue weighted by molar-refractivity contribution is 6.14. The normalized spacial score (nSPS) is 13.9. The van der Waals surface area contributed by atoms with Crippen LogP contribution < -0.4 is 4.90 Å². The Kier molecular flexibility index (Phi) is 8.24. The van der Waals surface area contributed by atoms with Crippen molar-refractivity contribution in [3.8, 4) is 44.5 Å². The molecule has 15 rings (SSSR count). The first-order valence-corrected chi connectivity index (χ1v) is 24.3. The first-order valence-electron chi connectivity index (χ1n) is 24.3. The molecule has 2 heteroatoms. The largest absolute Gasteiger partial charge is 0.456 e. The van der Waals surface area contributed by atoms with Gasteiger partial charge in [-0.1, -0.05) is 212 Å². The number of hydrogen-bond donors (Lipinski definition) is 0. The monoisotopic (exact) mass is 889 g/mol. The van der Waals surface area contributed by atoms with E-state index >= 15 is 0 Å². The molecule has 0 unspecified atom stereocenters. The van der Waals surface area contributed by atoms with Gasteiger partial charge >= 0.3 is 0 Å². The van der Waals surface area contributed by atoms with Gasteiger partial charge in [0.2, 0.25) is 0 Å². The lowest BCUT2D eigenvalue weighted by Crippen LogP contribution is -2.29. The molecule has 11 aromatic carbocycles. The van der Waals surface area contributed by atoms with Crippen LogP contribution in [0.1, 0.15) is 44.5 Å². The number of fused-ring (bicyclic) bond motifs is 16. The third-order valence-corrected chi connectivity index (χ3v) is 15.8. The minimum Gasteiger partial charge on any atom is -0.456 e. The summed E-state index contributed by atoms with van der Waals surface area (Å²) in [5.74, 6) is 0. The molecule has 3 aliphatic carbocycles. The summed E-state index contributed by atoms with van der Waals surface area (Å²) in [6, 6.07) is 96.7. The summed E-state index contributed by atoms with van der Waals surface area (Å²) < 4.78 is 6.81. The van der Waals surface area contributed by atoms with Crippen molar-refractivity contribution in [2.45, 2.75) is 10.8 Å². The fourth-order valence-electron chi connectivity index (χ4n) is 13.0. The van der Waals surface area contributed by atoms with Crippen LogP contribution in [0.3, 0.4) is 0 Å². The molecule has 0 radical (unpaired) electrons. The number of nitrogens with zero attached hydrogens (tertiary/aromatic N) is 1. The van der Waals surface area contributed by atoms with Gasteiger partial charge in [0.1, 0.15) is 11.2 Å². The molecule has 0 aliphatic heterocycles. The topological polar surface area (TPSA) is 16.4 Å². The Balaban J connectivity index is 1.03. The van der Waals surface area contributed by atoms with Crippen LogP contribution in [0, 0.1) is 0 Å². The van der Waals surface area contributed by atoms with Gasteiger partial charge in [0.05, 0.1) is 21.9 Å². The highest BCUT2D eigenvalue weighted by Crippen LogP contribution is 2.64. The maximum atomic E-state index is 6.81. The molecule has 0 bridgehead atoms. The van der Waals surface area contributed by atoms with Crippen molar-refractivity contribution < 1.29 is 4.42 Å². The van der Waals surface area contributed by atoms with Gasteiger partial charge in [-0.15, -0.1) is 0 Å². The van der Waals surface area contributed by atoms with Gasteiger partial charge in [-0.25, -0.2) is 0 Å². The molecule has 0 saturated heterocycles. The first kappa shape index (κ1) is 39.1. The average Bonchev–Trinajstić information content (AvgIpc) is 4.14. The van der Waals surface area contributed by atoms with E-state index in [-0.39, 0.29) is 0 Å². The summed E-state index contributed by atoms with van der Waals surface area (Å²) in [4.78, 5) is 2.51. The Morgan fingerprint density at radius 1 is 0.286 bits per heavy atom. The van der Waals surface area contributed by atoms with Gasteiger partial charge in [-0.2, -0.15) is 0 Å². The van der Waals surface area contributed by atoms with E-state index in [1.807, 2.05) is 0 Å². The van der Waals surface area contributed by atoms with E-state index in [0.29, 0.717) is 0 Å². The van der Waals surface area contributed by atoms with Gasteiger partial charge in [0.25, 0.3) is 0 Å². The fourth-order valence-corrected chi connectivity index (χ4v) is 13.0. The lowest BCUT2D eigenvalue weighted by molar-refractivity contribution is 0.669. The van der Waals surface area contributed by atoms with Gasteiger partial charge < -0.3 is 9.32 Å². The lowest BCUT2D eigenvalue weighted by Gasteiger charge is -2.35. The van der Waals surface area contributed by atoms with Crippen molar-refractivity contribution in [2.75, 3.05) is 4.90 Å². The van der Waals surface area contributed by atoms with Crippen LogP contribution in [0.5, 0.6) is 0 Å². The van der Waals surface area contributed by atoms with E-state index in [1.54, 1.807) is 0 Å². The van der Waals surface area contributed by atoms with E-state index in [4.69, 9.17) is 4.42 Å². The number of hydrogen-bond acceptors (Lipinski definition) is 2. The Labute approximate surface area is 407 Å². The zero-order chi connectivity index (χ0) is 46.0. The van der Waals surface area contributed by atoms with Crippen molar-refractivity contribution in [1.29, 1.82) is 0 Å². The van der Waals surface area contributed by atoms with Gasteiger partial charge in [0.15, 0.2) is 0 Å². The van der Waals surface area contributed by atoms with Crippen molar-refractivity contribution >= 4 is 39.0 Å². The van der Waals surface area contributed by atoms with Crippen molar-refractivity contribution in [3.05, 3.63) is 305 Å². The molecule has 12 aromatic rings. The predicted molar refractivity (Wildman–Crippen MR) is 287 cm³/mol. The molecule has 0 amide bonds. The standard InChI is InChI=1S/C68H43NO/c1-3-19-44(20-4-1)45-37-40-64-56(41-45)66-63(35-18-36-65(66)70-64)69(48-24-17-23-47(42-48)67(46-21-5-2-6-22-46)57-30-12-7-25-50(57)51-26-8-13-31-58(51)67)49-38-39-55-54-29-11-16-34-61(54)68(62(55)43-49)59-32-14-9-27-52(59)53-28-10-15-33-60(53)68/h1-43H. The van der Waals surface area contributed by atoms with E-state index < -0.39 is 10.8 Å². The van der Waals surface area contributed by atoms with Gasteiger partial charge in [-0.3, -0.25) is 0 Å². The molecular formula is C68H43NO. The minimum absolute atomic E-state index is 0.504. The van der Waals surface area contributed by atoms with Crippen LogP contribution >= 0.6 is 0 Å². The number of rotatable bonds is 6. The molecule has 0 N–H and O–H groups in total. The van der Waals surface area contributed by atoms with Crippen LogP contribution in [0.15, 0.2) is 265 Å². The summed E-state index contributed by atoms with van der Waals surface area (Å²) in [6.07, 6.45) is 0. The molecule has 0 saturated carbocycles. The molecule has 1 spiro atoms. The van der Waals surface area contributed by atoms with Crippen molar-refractivity contribution in [2.24, 2.45) is 0 Å². The van der Waals surface area contributed by atoms with Crippen LogP contribution in [0.2, 0.25) is 0 Å². The summed E-state index contributed by atoms with van der Waals surface area (Å²) in [6.45, 7) is 0. The third kappa shape index (κ3) is 5.17. The lowest BCUT2D eigenvalue weighted by atomic mass is 9.67. The highest BCUT2D eigenvalue weighted by Gasteiger charge is 2.52. The molecule has 326 valence electrons. The number of anilines is 3. The fraction of sp³-hybridized carbons (Fsp3) is 0.0294. The molecular weight excluding hydrogens is 847 g/mol. The second-order valence-corrected chi connectivity index (χ2v) is 19.0. The smallest absolute Gasteiger partial charge is 0.137 e. The van der Waals surface area contributed by atoms with Crippen molar-refractivity contribution in [3.63, 3.8) is 0 Å². The SMILES string of the molecule is c1ccc(-c2ccc3oc4cccc(N(c5cccc(C6(c7ccccc7)c7ccccc7-c7ccccc76)c5)c5ccc6c(c5)C5(c7ccccc7-c7ccccc75)c5ccccc5-6)c4c3c2)cc1. The quantitative estimate of drug-likeness (QED) is 0.165. The Morgan fingerprint density at radius 3 is 1.37 bits per heavy atom. The van der Waals surface area contributed by atoms with Crippen LogP contribution in [-0.2, 0) is 10.8 Å². The molecule has 1 aromatic heterocycles. The van der Waals surface area contributed by atoms with E-state index in [1.165, 1.54) is 83.5 Å². The first-order chi connectivity index (χ1) is 34.7. The zero-order valence-corrected chi connectivity index (χ0v) is 38.2. The molecule has 70 heavy (non-hydrogen) atoms. The Hall–Kier alpha value is -8.98. The number of furan rings is 1. The Morgan fingerprint density at radius 2 is 0.771 bits per heavy atom. The predicted octanol–water partition coefficient (Wildman–Crippen LogP) is 17.4. The number of benzene rings is 11. The summed E-state index contributed by atoms with van der Waals surface area (Å²) in [5.41, 5.74) is 24.1. The molecule has 0 fully saturated rings. The van der Waals surface area contributed by atoms with E-state index in [2.05, 4.69) is 266 Å². The maximum Gasteiger partial charge on any atom is 0.137 e. The van der Waals surface area contributed by atoms with Crippen LogP contribution in [-0.4, -0.2) is 0 Å². The second-order valence-electron chi connectivity index (χ2n) is 19.0. The maximum absolute atomic E-state index is 6.81. The Bertz CT molecular complexity index is 3980. The average molecular weight is 890 g/mol. The molecule has 1 heterocycles. The molecule has 2 nitrogen and oxygen atoms in total. The summed E-state index contributed by atoms with van der Waals surface area (Å²) in [7, 11) is 0.